The molecule has 0 bridgehead atoms. The van der Waals surface area contributed by atoms with Crippen LogP contribution in [0.4, 0.5) is 11.4 Å². The second-order valence-electron chi connectivity index (χ2n) is 6.56. The molecule has 1 aliphatic rings. The molecule has 2 amide bonds. The SMILES string of the molecule is Nc1ccccc1S[C@@H]1CC(=O)N(c2ccccc2Oc2ccc(Cl)cc2Cl)C1=O. The summed E-state index contributed by atoms with van der Waals surface area (Å²) in [7, 11) is 0. The van der Waals surface area contributed by atoms with Gasteiger partial charge in [-0.15, -0.1) is 11.8 Å². The first kappa shape index (κ1) is 20.6. The second kappa shape index (κ2) is 8.60. The third-order valence-electron chi connectivity index (χ3n) is 4.51. The van der Waals surface area contributed by atoms with Crippen LogP contribution in [0.2, 0.25) is 10.0 Å². The molecule has 0 aromatic heterocycles. The summed E-state index contributed by atoms with van der Waals surface area (Å²) in [6.45, 7) is 0. The Morgan fingerprint density at radius 2 is 1.70 bits per heavy atom. The number of rotatable bonds is 5. The van der Waals surface area contributed by atoms with Gasteiger partial charge in [-0.05, 0) is 42.5 Å². The lowest BCUT2D eigenvalue weighted by atomic mass is 10.2. The predicted octanol–water partition coefficient (Wildman–Crippen LogP) is 5.79. The molecule has 1 saturated heterocycles. The minimum atomic E-state index is -0.561. The molecule has 2 N–H and O–H groups in total. The number of nitrogen functional groups attached to an aromatic ring is 1. The summed E-state index contributed by atoms with van der Waals surface area (Å²) in [5, 5.41) is 0.240. The number of nitrogens with two attached hydrogens (primary N) is 1. The zero-order valence-electron chi connectivity index (χ0n) is 15.5. The number of nitrogens with zero attached hydrogens (tertiary/aromatic N) is 1. The number of hydrogen-bond acceptors (Lipinski definition) is 5. The summed E-state index contributed by atoms with van der Waals surface area (Å²) in [6.07, 6.45) is 0.0773. The van der Waals surface area contributed by atoms with Crippen molar-refractivity contribution >= 4 is 58.2 Å². The summed E-state index contributed by atoms with van der Waals surface area (Å²) < 4.78 is 5.91. The van der Waals surface area contributed by atoms with Crippen LogP contribution in [0, 0.1) is 0 Å². The van der Waals surface area contributed by atoms with Crippen molar-refractivity contribution in [3.8, 4) is 11.5 Å². The van der Waals surface area contributed by atoms with E-state index in [1.165, 1.54) is 11.8 Å². The van der Waals surface area contributed by atoms with Crippen molar-refractivity contribution < 1.29 is 14.3 Å². The van der Waals surface area contributed by atoms with Crippen LogP contribution in [0.3, 0.4) is 0 Å². The maximum Gasteiger partial charge on any atom is 0.247 e. The van der Waals surface area contributed by atoms with Crippen LogP contribution in [-0.4, -0.2) is 17.1 Å². The van der Waals surface area contributed by atoms with Crippen LogP contribution < -0.4 is 15.4 Å². The van der Waals surface area contributed by atoms with Gasteiger partial charge in [0.05, 0.1) is 16.0 Å². The molecule has 1 aliphatic heterocycles. The van der Waals surface area contributed by atoms with Gasteiger partial charge in [-0.25, -0.2) is 4.90 Å². The Bertz CT molecular complexity index is 1140. The normalized spacial score (nSPS) is 16.2. The number of carbonyl (C=O) groups excluding carboxylic acids is 2. The maximum absolute atomic E-state index is 13.1. The highest BCUT2D eigenvalue weighted by Gasteiger charge is 2.41. The number of thioether (sulfide) groups is 1. The molecule has 0 radical (unpaired) electrons. The Morgan fingerprint density at radius 1 is 0.967 bits per heavy atom. The lowest BCUT2D eigenvalue weighted by Gasteiger charge is -2.19. The van der Waals surface area contributed by atoms with E-state index in [9.17, 15) is 9.59 Å². The number of anilines is 2. The molecule has 5 nitrogen and oxygen atoms in total. The summed E-state index contributed by atoms with van der Waals surface area (Å²) in [6, 6.07) is 18.9. The van der Waals surface area contributed by atoms with Crippen molar-refractivity contribution in [2.24, 2.45) is 0 Å². The number of amides is 2. The van der Waals surface area contributed by atoms with Crippen LogP contribution in [0.1, 0.15) is 6.42 Å². The molecule has 4 rings (SSSR count). The minimum Gasteiger partial charge on any atom is -0.454 e. The van der Waals surface area contributed by atoms with Crippen LogP contribution in [-0.2, 0) is 9.59 Å². The highest BCUT2D eigenvalue weighted by atomic mass is 35.5. The molecule has 3 aromatic rings. The average Bonchev–Trinajstić information content (AvgIpc) is 2.99. The van der Waals surface area contributed by atoms with Gasteiger partial charge in [0.15, 0.2) is 5.75 Å². The van der Waals surface area contributed by atoms with Gasteiger partial charge in [-0.1, -0.05) is 47.5 Å². The van der Waals surface area contributed by atoms with E-state index >= 15 is 0 Å². The van der Waals surface area contributed by atoms with Gasteiger partial charge in [0.2, 0.25) is 11.8 Å². The first-order chi connectivity index (χ1) is 14.4. The van der Waals surface area contributed by atoms with E-state index in [1.54, 1.807) is 48.5 Å². The minimum absolute atomic E-state index is 0.0773. The van der Waals surface area contributed by atoms with Gasteiger partial charge >= 0.3 is 0 Å². The molecular formula is C22H16Cl2N2O3S. The molecule has 3 aromatic carbocycles. The largest absolute Gasteiger partial charge is 0.454 e. The molecule has 0 saturated carbocycles. The zero-order chi connectivity index (χ0) is 21.3. The van der Waals surface area contributed by atoms with Crippen LogP contribution in [0.15, 0.2) is 71.6 Å². The van der Waals surface area contributed by atoms with Gasteiger partial charge in [0.25, 0.3) is 0 Å². The standard InChI is InChI=1S/C22H16Cl2N2O3S/c23-13-9-10-17(14(24)11-13)29-18-7-3-2-6-16(18)26-21(27)12-20(22(26)28)30-19-8-4-1-5-15(19)25/h1-11,20H,12,25H2/t20-/m1/s1. The van der Waals surface area contributed by atoms with Crippen molar-refractivity contribution in [1.82, 2.24) is 0 Å². The van der Waals surface area contributed by atoms with Gasteiger partial charge < -0.3 is 10.5 Å². The van der Waals surface area contributed by atoms with Gasteiger partial charge in [-0.2, -0.15) is 0 Å². The van der Waals surface area contributed by atoms with E-state index in [-0.39, 0.29) is 18.2 Å². The number of ether oxygens (including phenoxy) is 1. The zero-order valence-corrected chi connectivity index (χ0v) is 17.9. The second-order valence-corrected chi connectivity index (χ2v) is 8.65. The number of para-hydroxylation sites is 3. The van der Waals surface area contributed by atoms with Crippen LogP contribution in [0.5, 0.6) is 11.5 Å². The third-order valence-corrected chi connectivity index (χ3v) is 6.32. The van der Waals surface area contributed by atoms with E-state index < -0.39 is 5.25 Å². The average molecular weight is 459 g/mol. The molecule has 0 spiro atoms. The molecule has 0 aliphatic carbocycles. The van der Waals surface area contributed by atoms with E-state index in [0.29, 0.717) is 32.9 Å². The topological polar surface area (TPSA) is 72.6 Å². The Balaban J connectivity index is 1.62. The summed E-state index contributed by atoms with van der Waals surface area (Å²) in [5.41, 5.74) is 6.92. The summed E-state index contributed by atoms with van der Waals surface area (Å²) in [5.74, 6) is 0.0978. The maximum atomic E-state index is 13.1. The first-order valence-electron chi connectivity index (χ1n) is 9.04. The van der Waals surface area contributed by atoms with E-state index in [0.717, 1.165) is 9.80 Å². The first-order valence-corrected chi connectivity index (χ1v) is 10.7. The number of halogens is 2. The number of hydrogen-bond donors (Lipinski definition) is 1. The fraction of sp³-hybridized carbons (Fsp3) is 0.0909. The fourth-order valence-corrected chi connectivity index (χ4v) is 4.64. The number of carbonyl (C=O) groups is 2. The number of imide groups is 1. The van der Waals surface area contributed by atoms with E-state index in [4.69, 9.17) is 33.7 Å². The highest BCUT2D eigenvalue weighted by molar-refractivity contribution is 8.00. The van der Waals surface area contributed by atoms with E-state index in [2.05, 4.69) is 0 Å². The van der Waals surface area contributed by atoms with Crippen LogP contribution >= 0.6 is 35.0 Å². The summed E-state index contributed by atoms with van der Waals surface area (Å²) >= 11 is 13.4. The monoisotopic (exact) mass is 458 g/mol. The number of benzene rings is 3. The molecule has 152 valence electrons. The van der Waals surface area contributed by atoms with Crippen molar-refractivity contribution in [1.29, 1.82) is 0 Å². The molecule has 30 heavy (non-hydrogen) atoms. The lowest BCUT2D eigenvalue weighted by molar-refractivity contribution is -0.121. The Kier molecular flexibility index (Phi) is 5.90. The molecular weight excluding hydrogens is 443 g/mol. The predicted molar refractivity (Wildman–Crippen MR) is 121 cm³/mol. The summed E-state index contributed by atoms with van der Waals surface area (Å²) in [4.78, 5) is 27.8. The Morgan fingerprint density at radius 3 is 2.47 bits per heavy atom. The fourth-order valence-electron chi connectivity index (χ4n) is 3.09. The van der Waals surface area contributed by atoms with Gasteiger partial charge in [0, 0.05) is 22.0 Å². The van der Waals surface area contributed by atoms with Crippen LogP contribution in [0.25, 0.3) is 0 Å². The van der Waals surface area contributed by atoms with Crippen molar-refractivity contribution in [2.45, 2.75) is 16.6 Å². The smallest absolute Gasteiger partial charge is 0.247 e. The molecule has 1 fully saturated rings. The molecule has 1 heterocycles. The quantitative estimate of drug-likeness (QED) is 0.386. The third kappa shape index (κ3) is 4.12. The van der Waals surface area contributed by atoms with Gasteiger partial charge in [-0.3, -0.25) is 9.59 Å². The van der Waals surface area contributed by atoms with Gasteiger partial charge in [0.1, 0.15) is 5.75 Å². The van der Waals surface area contributed by atoms with E-state index in [1.807, 2.05) is 18.2 Å². The van der Waals surface area contributed by atoms with Crippen molar-refractivity contribution in [3.63, 3.8) is 0 Å². The van der Waals surface area contributed by atoms with Crippen molar-refractivity contribution in [3.05, 3.63) is 76.8 Å². The Labute approximate surface area is 187 Å². The molecule has 0 unspecified atom stereocenters. The highest BCUT2D eigenvalue weighted by Crippen LogP contribution is 2.41. The van der Waals surface area contributed by atoms with Crippen molar-refractivity contribution in [2.75, 3.05) is 10.6 Å². The molecule has 1 atom stereocenters. The lowest BCUT2D eigenvalue weighted by Crippen LogP contribution is -2.31. The Hall–Kier alpha value is -2.67. The molecule has 8 heteroatoms.